The lowest BCUT2D eigenvalue weighted by Gasteiger charge is -2.24. The summed E-state index contributed by atoms with van der Waals surface area (Å²) in [7, 11) is 0. The van der Waals surface area contributed by atoms with Crippen LogP contribution in [0.1, 0.15) is 32.3 Å². The SMILES string of the molecule is CCOC(CCN(CCC#N)Cc1cccnc1)OCC. The van der Waals surface area contributed by atoms with E-state index < -0.39 is 0 Å². The average molecular weight is 291 g/mol. The molecule has 0 N–H and O–H groups in total. The number of aromatic nitrogens is 1. The molecule has 0 saturated carbocycles. The standard InChI is InChI=1S/C16H25N3O2/c1-3-20-16(21-4-2)8-12-19(11-6-9-17)14-15-7-5-10-18-13-15/h5,7,10,13,16H,3-4,6,8,11-12,14H2,1-2H3. The quantitative estimate of drug-likeness (QED) is 0.586. The minimum atomic E-state index is -0.168. The Hall–Kier alpha value is -1.48. The first-order valence-electron chi connectivity index (χ1n) is 7.51. The van der Waals surface area contributed by atoms with Gasteiger partial charge in [-0.15, -0.1) is 0 Å². The van der Waals surface area contributed by atoms with E-state index in [1.165, 1.54) is 0 Å². The summed E-state index contributed by atoms with van der Waals surface area (Å²) in [4.78, 5) is 6.37. The monoisotopic (exact) mass is 291 g/mol. The summed E-state index contributed by atoms with van der Waals surface area (Å²) < 4.78 is 11.1. The van der Waals surface area contributed by atoms with Crippen molar-refractivity contribution in [2.45, 2.75) is 39.5 Å². The second-order valence-corrected chi connectivity index (χ2v) is 4.67. The lowest BCUT2D eigenvalue weighted by Crippen LogP contribution is -2.30. The van der Waals surface area contributed by atoms with Gasteiger partial charge in [0.1, 0.15) is 0 Å². The highest BCUT2D eigenvalue weighted by atomic mass is 16.7. The number of hydrogen-bond donors (Lipinski definition) is 0. The molecule has 0 amide bonds. The summed E-state index contributed by atoms with van der Waals surface area (Å²) in [5.41, 5.74) is 1.15. The maximum atomic E-state index is 8.79. The summed E-state index contributed by atoms with van der Waals surface area (Å²) in [6.45, 7) is 7.60. The fourth-order valence-corrected chi connectivity index (χ4v) is 2.10. The molecule has 5 nitrogen and oxygen atoms in total. The zero-order valence-corrected chi connectivity index (χ0v) is 13.0. The van der Waals surface area contributed by atoms with E-state index in [2.05, 4.69) is 22.0 Å². The third kappa shape index (κ3) is 7.76. The highest BCUT2D eigenvalue weighted by Gasteiger charge is 2.12. The van der Waals surface area contributed by atoms with E-state index in [-0.39, 0.29) is 6.29 Å². The van der Waals surface area contributed by atoms with Crippen molar-refractivity contribution in [3.63, 3.8) is 0 Å². The van der Waals surface area contributed by atoms with Gasteiger partial charge in [0.15, 0.2) is 6.29 Å². The van der Waals surface area contributed by atoms with Gasteiger partial charge in [0, 0.05) is 58.1 Å². The average Bonchev–Trinajstić information content (AvgIpc) is 2.51. The van der Waals surface area contributed by atoms with Crippen LogP contribution in [0, 0.1) is 11.3 Å². The Morgan fingerprint density at radius 2 is 2.05 bits per heavy atom. The lowest BCUT2D eigenvalue weighted by molar-refractivity contribution is -0.141. The van der Waals surface area contributed by atoms with Crippen molar-refractivity contribution in [3.05, 3.63) is 30.1 Å². The van der Waals surface area contributed by atoms with E-state index in [0.717, 1.165) is 31.6 Å². The molecule has 0 fully saturated rings. The number of pyridine rings is 1. The maximum absolute atomic E-state index is 8.79. The molecule has 0 atom stereocenters. The van der Waals surface area contributed by atoms with E-state index in [4.69, 9.17) is 14.7 Å². The van der Waals surface area contributed by atoms with Crippen LogP contribution in [0.4, 0.5) is 0 Å². The predicted octanol–water partition coefficient (Wildman–Crippen LogP) is 2.59. The first kappa shape index (κ1) is 17.6. The molecule has 0 aliphatic heterocycles. The van der Waals surface area contributed by atoms with Gasteiger partial charge >= 0.3 is 0 Å². The van der Waals surface area contributed by atoms with Crippen molar-refractivity contribution in [2.24, 2.45) is 0 Å². The first-order chi connectivity index (χ1) is 10.3. The molecular formula is C16H25N3O2. The van der Waals surface area contributed by atoms with Crippen molar-refractivity contribution in [1.29, 1.82) is 5.26 Å². The van der Waals surface area contributed by atoms with Crippen molar-refractivity contribution >= 4 is 0 Å². The number of nitrogens with zero attached hydrogens (tertiary/aromatic N) is 3. The van der Waals surface area contributed by atoms with E-state index >= 15 is 0 Å². The molecule has 0 bridgehead atoms. The van der Waals surface area contributed by atoms with E-state index in [1.807, 2.05) is 26.1 Å². The van der Waals surface area contributed by atoms with Gasteiger partial charge in [-0.25, -0.2) is 0 Å². The molecule has 1 heterocycles. The smallest absolute Gasteiger partial charge is 0.158 e. The van der Waals surface area contributed by atoms with Gasteiger partial charge < -0.3 is 9.47 Å². The van der Waals surface area contributed by atoms with Crippen LogP contribution < -0.4 is 0 Å². The van der Waals surface area contributed by atoms with Gasteiger partial charge in [0.05, 0.1) is 6.07 Å². The molecule has 0 spiro atoms. The molecule has 0 unspecified atom stereocenters. The molecule has 0 aliphatic rings. The Bertz CT molecular complexity index is 400. The van der Waals surface area contributed by atoms with Crippen LogP contribution in [0.5, 0.6) is 0 Å². The lowest BCUT2D eigenvalue weighted by atomic mass is 10.2. The van der Waals surface area contributed by atoms with E-state index in [0.29, 0.717) is 19.6 Å². The van der Waals surface area contributed by atoms with Gasteiger partial charge in [0.2, 0.25) is 0 Å². The van der Waals surface area contributed by atoms with Crippen LogP contribution in [0.15, 0.2) is 24.5 Å². The molecule has 0 saturated heterocycles. The van der Waals surface area contributed by atoms with Crippen molar-refractivity contribution in [2.75, 3.05) is 26.3 Å². The molecule has 0 aliphatic carbocycles. The molecule has 116 valence electrons. The van der Waals surface area contributed by atoms with Crippen molar-refractivity contribution < 1.29 is 9.47 Å². The highest BCUT2D eigenvalue weighted by molar-refractivity contribution is 5.08. The third-order valence-corrected chi connectivity index (χ3v) is 3.05. The fraction of sp³-hybridized carbons (Fsp3) is 0.625. The number of rotatable bonds is 11. The topological polar surface area (TPSA) is 58.4 Å². The molecule has 1 rings (SSSR count). The van der Waals surface area contributed by atoms with Crippen LogP contribution in [0.2, 0.25) is 0 Å². The fourth-order valence-electron chi connectivity index (χ4n) is 2.10. The zero-order valence-electron chi connectivity index (χ0n) is 13.0. The summed E-state index contributed by atoms with van der Waals surface area (Å²) in [6, 6.07) is 6.18. The van der Waals surface area contributed by atoms with Gasteiger partial charge in [-0.05, 0) is 25.5 Å². The number of ether oxygens (including phenoxy) is 2. The molecule has 1 aromatic rings. The van der Waals surface area contributed by atoms with E-state index in [9.17, 15) is 0 Å². The Morgan fingerprint density at radius 3 is 2.62 bits per heavy atom. The zero-order chi connectivity index (χ0) is 15.3. The molecule has 21 heavy (non-hydrogen) atoms. The van der Waals surface area contributed by atoms with Gasteiger partial charge in [-0.3, -0.25) is 9.88 Å². The second-order valence-electron chi connectivity index (χ2n) is 4.67. The van der Waals surface area contributed by atoms with Crippen molar-refractivity contribution in [3.8, 4) is 6.07 Å². The predicted molar refractivity (Wildman–Crippen MR) is 81.4 cm³/mol. The number of hydrogen-bond acceptors (Lipinski definition) is 5. The normalized spacial score (nSPS) is 11.0. The van der Waals surface area contributed by atoms with Crippen molar-refractivity contribution in [1.82, 2.24) is 9.88 Å². The summed E-state index contributed by atoms with van der Waals surface area (Å²) >= 11 is 0. The van der Waals surface area contributed by atoms with Crippen LogP contribution in [0.25, 0.3) is 0 Å². The minimum absolute atomic E-state index is 0.168. The minimum Gasteiger partial charge on any atom is -0.353 e. The second kappa shape index (κ2) is 11.2. The molecular weight excluding hydrogens is 266 g/mol. The first-order valence-corrected chi connectivity index (χ1v) is 7.51. The Morgan fingerprint density at radius 1 is 1.29 bits per heavy atom. The van der Waals surface area contributed by atoms with Crippen LogP contribution in [-0.2, 0) is 16.0 Å². The third-order valence-electron chi connectivity index (χ3n) is 3.05. The van der Waals surface area contributed by atoms with Gasteiger partial charge in [-0.1, -0.05) is 6.07 Å². The number of nitriles is 1. The van der Waals surface area contributed by atoms with E-state index in [1.54, 1.807) is 6.20 Å². The maximum Gasteiger partial charge on any atom is 0.158 e. The van der Waals surface area contributed by atoms with Crippen LogP contribution >= 0.6 is 0 Å². The largest absolute Gasteiger partial charge is 0.353 e. The Labute approximate surface area is 127 Å². The summed E-state index contributed by atoms with van der Waals surface area (Å²) in [5, 5.41) is 8.79. The molecule has 5 heteroatoms. The van der Waals surface area contributed by atoms with Gasteiger partial charge in [-0.2, -0.15) is 5.26 Å². The van der Waals surface area contributed by atoms with Crippen LogP contribution in [0.3, 0.4) is 0 Å². The summed E-state index contributed by atoms with van der Waals surface area (Å²) in [5.74, 6) is 0. The Kier molecular flexibility index (Phi) is 9.38. The highest BCUT2D eigenvalue weighted by Crippen LogP contribution is 2.08. The molecule has 0 radical (unpaired) electrons. The Balaban J connectivity index is 2.50. The molecule has 1 aromatic heterocycles. The van der Waals surface area contributed by atoms with Crippen LogP contribution in [-0.4, -0.2) is 42.5 Å². The molecule has 0 aromatic carbocycles. The summed E-state index contributed by atoms with van der Waals surface area (Å²) in [6.07, 6.45) is 4.78. The van der Waals surface area contributed by atoms with Gasteiger partial charge in [0.25, 0.3) is 0 Å².